The average molecular weight is 297 g/mol. The number of nitrogens with one attached hydrogen (secondary N) is 1. The van der Waals surface area contributed by atoms with E-state index >= 15 is 0 Å². The lowest BCUT2D eigenvalue weighted by Crippen LogP contribution is -2.57. The molecule has 2 atom stereocenters. The number of carbonyl (C=O) groups is 1. The molecule has 2 rings (SSSR count). The van der Waals surface area contributed by atoms with Crippen molar-refractivity contribution in [2.75, 3.05) is 26.2 Å². The molecule has 2 aliphatic rings. The molecule has 1 heterocycles. The standard InChI is InChI=1S/C16H31N3O2/c1-12(2)17-16(4,15(20)21)11-13(3)18-7-9-19(10-8-18)14-5-6-14/h12-14,17H,5-11H2,1-4H3,(H,20,21). The van der Waals surface area contributed by atoms with Gasteiger partial charge in [0.1, 0.15) is 5.54 Å². The van der Waals surface area contributed by atoms with Crippen molar-refractivity contribution in [3.63, 3.8) is 0 Å². The number of rotatable bonds is 7. The molecule has 0 radical (unpaired) electrons. The van der Waals surface area contributed by atoms with E-state index in [1.165, 1.54) is 12.8 Å². The van der Waals surface area contributed by atoms with Crippen LogP contribution in [-0.4, -0.2) is 70.7 Å². The second-order valence-electron chi connectivity index (χ2n) is 7.29. The number of carboxylic acids is 1. The van der Waals surface area contributed by atoms with Gasteiger partial charge in [-0.15, -0.1) is 0 Å². The number of aliphatic carboxylic acids is 1. The molecule has 21 heavy (non-hydrogen) atoms. The monoisotopic (exact) mass is 297 g/mol. The minimum absolute atomic E-state index is 0.171. The molecule has 0 bridgehead atoms. The third-order valence-electron chi connectivity index (χ3n) is 4.82. The largest absolute Gasteiger partial charge is 0.480 e. The first kappa shape index (κ1) is 16.7. The van der Waals surface area contributed by atoms with Crippen molar-refractivity contribution < 1.29 is 9.90 Å². The summed E-state index contributed by atoms with van der Waals surface area (Å²) in [7, 11) is 0. The highest BCUT2D eigenvalue weighted by Crippen LogP contribution is 2.28. The maximum atomic E-state index is 11.6. The smallest absolute Gasteiger partial charge is 0.323 e. The van der Waals surface area contributed by atoms with Crippen molar-refractivity contribution in [3.05, 3.63) is 0 Å². The van der Waals surface area contributed by atoms with Gasteiger partial charge in [0.2, 0.25) is 0 Å². The Balaban J connectivity index is 1.86. The molecule has 0 spiro atoms. The Morgan fingerprint density at radius 2 is 1.81 bits per heavy atom. The minimum atomic E-state index is -0.846. The first-order valence-corrected chi connectivity index (χ1v) is 8.31. The second-order valence-corrected chi connectivity index (χ2v) is 7.29. The topological polar surface area (TPSA) is 55.8 Å². The second kappa shape index (κ2) is 6.63. The molecule has 1 aliphatic carbocycles. The summed E-state index contributed by atoms with van der Waals surface area (Å²) in [6.45, 7) is 12.4. The predicted molar refractivity (Wildman–Crippen MR) is 84.6 cm³/mol. The summed E-state index contributed by atoms with van der Waals surface area (Å²) < 4.78 is 0. The van der Waals surface area contributed by atoms with E-state index in [0.29, 0.717) is 12.5 Å². The number of carboxylic acid groups (broad SMARTS) is 1. The highest BCUT2D eigenvalue weighted by molar-refractivity contribution is 5.78. The van der Waals surface area contributed by atoms with Crippen LogP contribution < -0.4 is 5.32 Å². The van der Waals surface area contributed by atoms with E-state index < -0.39 is 11.5 Å². The van der Waals surface area contributed by atoms with Gasteiger partial charge in [-0.3, -0.25) is 19.9 Å². The number of nitrogens with zero attached hydrogens (tertiary/aromatic N) is 2. The quantitative estimate of drug-likeness (QED) is 0.744. The van der Waals surface area contributed by atoms with Crippen LogP contribution in [0.5, 0.6) is 0 Å². The lowest BCUT2D eigenvalue weighted by Gasteiger charge is -2.41. The summed E-state index contributed by atoms with van der Waals surface area (Å²) in [6, 6.07) is 1.30. The van der Waals surface area contributed by atoms with Gasteiger partial charge in [0, 0.05) is 44.3 Å². The van der Waals surface area contributed by atoms with Crippen molar-refractivity contribution in [3.8, 4) is 0 Å². The fourth-order valence-electron chi connectivity index (χ4n) is 3.55. The Kier molecular flexibility index (Phi) is 5.28. The van der Waals surface area contributed by atoms with Gasteiger partial charge in [-0.05, 0) is 47.0 Å². The van der Waals surface area contributed by atoms with Crippen LogP contribution in [0.25, 0.3) is 0 Å². The number of piperazine rings is 1. The Labute approximate surface area is 128 Å². The van der Waals surface area contributed by atoms with Crippen molar-refractivity contribution in [1.29, 1.82) is 0 Å². The van der Waals surface area contributed by atoms with Crippen molar-refractivity contribution in [1.82, 2.24) is 15.1 Å². The van der Waals surface area contributed by atoms with Crippen LogP contribution in [0.4, 0.5) is 0 Å². The summed E-state index contributed by atoms with van der Waals surface area (Å²) in [5.74, 6) is -0.750. The third kappa shape index (κ3) is 4.41. The van der Waals surface area contributed by atoms with Crippen LogP contribution in [0, 0.1) is 0 Å². The zero-order chi connectivity index (χ0) is 15.6. The molecular weight excluding hydrogens is 266 g/mol. The summed E-state index contributed by atoms with van der Waals surface area (Å²) in [4.78, 5) is 16.7. The number of hydrogen-bond acceptors (Lipinski definition) is 4. The molecule has 1 aliphatic heterocycles. The van der Waals surface area contributed by atoms with Gasteiger partial charge >= 0.3 is 5.97 Å². The molecule has 2 unspecified atom stereocenters. The highest BCUT2D eigenvalue weighted by Gasteiger charge is 2.38. The van der Waals surface area contributed by atoms with E-state index in [2.05, 4.69) is 22.0 Å². The fourth-order valence-corrected chi connectivity index (χ4v) is 3.55. The normalized spacial score (nSPS) is 25.8. The van der Waals surface area contributed by atoms with Crippen LogP contribution in [0.15, 0.2) is 0 Å². The van der Waals surface area contributed by atoms with Gasteiger partial charge < -0.3 is 5.11 Å². The Morgan fingerprint density at radius 1 is 1.24 bits per heavy atom. The van der Waals surface area contributed by atoms with Crippen molar-refractivity contribution in [2.45, 2.75) is 70.6 Å². The van der Waals surface area contributed by atoms with Gasteiger partial charge in [0.25, 0.3) is 0 Å². The van der Waals surface area contributed by atoms with Crippen LogP contribution >= 0.6 is 0 Å². The molecule has 1 saturated carbocycles. The van der Waals surface area contributed by atoms with Crippen LogP contribution in [0.2, 0.25) is 0 Å². The number of hydrogen-bond donors (Lipinski definition) is 2. The van der Waals surface area contributed by atoms with E-state index in [4.69, 9.17) is 0 Å². The maximum Gasteiger partial charge on any atom is 0.323 e. The molecule has 0 aromatic rings. The van der Waals surface area contributed by atoms with Crippen molar-refractivity contribution >= 4 is 5.97 Å². The first-order valence-electron chi connectivity index (χ1n) is 8.31. The molecule has 1 saturated heterocycles. The zero-order valence-corrected chi connectivity index (χ0v) is 13.9. The van der Waals surface area contributed by atoms with Gasteiger partial charge in [0.05, 0.1) is 0 Å². The molecule has 2 fully saturated rings. The van der Waals surface area contributed by atoms with Crippen LogP contribution in [0.1, 0.15) is 47.0 Å². The van der Waals surface area contributed by atoms with Crippen molar-refractivity contribution in [2.24, 2.45) is 0 Å². The maximum absolute atomic E-state index is 11.6. The molecule has 0 aromatic heterocycles. The third-order valence-corrected chi connectivity index (χ3v) is 4.82. The summed E-state index contributed by atoms with van der Waals surface area (Å²) in [6.07, 6.45) is 3.37. The van der Waals surface area contributed by atoms with E-state index in [-0.39, 0.29) is 6.04 Å². The molecule has 5 nitrogen and oxygen atoms in total. The summed E-state index contributed by atoms with van der Waals surface area (Å²) >= 11 is 0. The molecule has 5 heteroatoms. The highest BCUT2D eigenvalue weighted by atomic mass is 16.4. The van der Waals surface area contributed by atoms with Crippen LogP contribution in [0.3, 0.4) is 0 Å². The predicted octanol–water partition coefficient (Wildman–Crippen LogP) is 1.39. The Morgan fingerprint density at radius 3 is 2.24 bits per heavy atom. The molecule has 2 N–H and O–H groups in total. The molecule has 0 aromatic carbocycles. The minimum Gasteiger partial charge on any atom is -0.480 e. The van der Waals surface area contributed by atoms with Gasteiger partial charge in [-0.2, -0.15) is 0 Å². The fraction of sp³-hybridized carbons (Fsp3) is 0.938. The van der Waals surface area contributed by atoms with Gasteiger partial charge in [-0.25, -0.2) is 0 Å². The first-order chi connectivity index (χ1) is 9.82. The molecule has 122 valence electrons. The average Bonchev–Trinajstić information content (AvgIpc) is 3.22. The lowest BCUT2D eigenvalue weighted by molar-refractivity contribution is -0.145. The van der Waals surface area contributed by atoms with Gasteiger partial charge in [-0.1, -0.05) is 0 Å². The molecule has 0 amide bonds. The van der Waals surface area contributed by atoms with E-state index in [1.807, 2.05) is 20.8 Å². The Hall–Kier alpha value is -0.650. The Bertz CT molecular complexity index is 363. The summed E-state index contributed by atoms with van der Waals surface area (Å²) in [5.41, 5.74) is -0.846. The SMILES string of the molecule is CC(C)NC(C)(CC(C)N1CCN(C2CC2)CC1)C(=O)O. The van der Waals surface area contributed by atoms with Crippen LogP contribution in [-0.2, 0) is 4.79 Å². The zero-order valence-electron chi connectivity index (χ0n) is 13.9. The van der Waals surface area contributed by atoms with E-state index in [9.17, 15) is 9.90 Å². The summed E-state index contributed by atoms with van der Waals surface area (Å²) in [5, 5.41) is 12.8. The van der Waals surface area contributed by atoms with Gasteiger partial charge in [0.15, 0.2) is 0 Å². The van der Waals surface area contributed by atoms with E-state index in [1.54, 1.807) is 0 Å². The molecular formula is C16H31N3O2. The van der Waals surface area contributed by atoms with E-state index in [0.717, 1.165) is 32.2 Å². The lowest BCUT2D eigenvalue weighted by atomic mass is 9.91.